The zero-order valence-corrected chi connectivity index (χ0v) is 19.1. The monoisotopic (exact) mass is 453 g/mol. The highest BCUT2D eigenvalue weighted by atomic mass is 32.1. The van der Waals surface area contributed by atoms with Crippen molar-refractivity contribution in [2.45, 2.75) is 19.9 Å². The number of hydrogen-bond donors (Lipinski definition) is 0. The van der Waals surface area contributed by atoms with E-state index in [2.05, 4.69) is 23.2 Å². The fourth-order valence-corrected chi connectivity index (χ4v) is 4.90. The van der Waals surface area contributed by atoms with E-state index in [0.29, 0.717) is 18.3 Å². The SMILES string of the molecule is CCOc1ccc2nc(N(Cc3ccccn3)C(=O)Cc3cccc4ccccc34)sc2c1. The molecule has 2 heterocycles. The molecule has 0 bridgehead atoms. The van der Waals surface area contributed by atoms with E-state index in [1.807, 2.05) is 67.6 Å². The predicted octanol–water partition coefficient (Wildman–Crippen LogP) is 6.02. The van der Waals surface area contributed by atoms with E-state index in [-0.39, 0.29) is 12.3 Å². The average molecular weight is 454 g/mol. The van der Waals surface area contributed by atoms with Crippen molar-refractivity contribution in [2.75, 3.05) is 11.5 Å². The van der Waals surface area contributed by atoms with E-state index in [4.69, 9.17) is 9.72 Å². The van der Waals surface area contributed by atoms with Crippen LogP contribution in [0.1, 0.15) is 18.2 Å². The van der Waals surface area contributed by atoms with Gasteiger partial charge in [-0.25, -0.2) is 4.98 Å². The third kappa shape index (κ3) is 4.56. The average Bonchev–Trinajstić information content (AvgIpc) is 3.27. The number of carbonyl (C=O) groups excluding carboxylic acids is 1. The van der Waals surface area contributed by atoms with Crippen LogP contribution in [0.4, 0.5) is 5.13 Å². The quantitative estimate of drug-likeness (QED) is 0.302. The molecule has 5 nitrogen and oxygen atoms in total. The number of carbonyl (C=O) groups is 1. The molecule has 33 heavy (non-hydrogen) atoms. The van der Waals surface area contributed by atoms with Gasteiger partial charge in [0.15, 0.2) is 5.13 Å². The molecule has 0 aliphatic heterocycles. The lowest BCUT2D eigenvalue weighted by Crippen LogP contribution is -2.32. The Kier molecular flexibility index (Phi) is 6.00. The highest BCUT2D eigenvalue weighted by Crippen LogP contribution is 2.33. The third-order valence-corrected chi connectivity index (χ3v) is 6.50. The first-order valence-electron chi connectivity index (χ1n) is 10.9. The maximum atomic E-state index is 13.6. The second-order valence-electron chi connectivity index (χ2n) is 7.67. The van der Waals surface area contributed by atoms with Crippen LogP contribution in [0, 0.1) is 0 Å². The third-order valence-electron chi connectivity index (χ3n) is 5.46. The van der Waals surface area contributed by atoms with Crippen LogP contribution in [0.15, 0.2) is 85.1 Å². The number of hydrogen-bond acceptors (Lipinski definition) is 5. The van der Waals surface area contributed by atoms with Crippen molar-refractivity contribution in [1.29, 1.82) is 0 Å². The molecule has 0 saturated carbocycles. The van der Waals surface area contributed by atoms with Crippen LogP contribution in [0.5, 0.6) is 5.75 Å². The van der Waals surface area contributed by atoms with Crippen molar-refractivity contribution in [3.63, 3.8) is 0 Å². The van der Waals surface area contributed by atoms with Gasteiger partial charge < -0.3 is 4.74 Å². The standard InChI is InChI=1S/C27H23N3O2S/c1-2-32-22-13-14-24-25(17-22)33-27(29-24)30(18-21-11-5-6-15-28-21)26(31)16-20-10-7-9-19-8-3-4-12-23(19)20/h3-15,17H,2,16,18H2,1H3. The fraction of sp³-hybridized carbons (Fsp3) is 0.148. The van der Waals surface area contributed by atoms with Gasteiger partial charge in [0.05, 0.1) is 35.5 Å². The molecular formula is C27H23N3O2S. The van der Waals surface area contributed by atoms with Gasteiger partial charge in [0.2, 0.25) is 5.91 Å². The number of amides is 1. The summed E-state index contributed by atoms with van der Waals surface area (Å²) in [7, 11) is 0. The van der Waals surface area contributed by atoms with Gasteiger partial charge in [0, 0.05) is 6.20 Å². The molecule has 0 aliphatic rings. The van der Waals surface area contributed by atoms with Crippen molar-refractivity contribution in [2.24, 2.45) is 0 Å². The van der Waals surface area contributed by atoms with Crippen molar-refractivity contribution in [1.82, 2.24) is 9.97 Å². The second kappa shape index (κ2) is 9.38. The molecule has 1 amide bonds. The highest BCUT2D eigenvalue weighted by molar-refractivity contribution is 7.22. The van der Waals surface area contributed by atoms with Crippen LogP contribution in [0.25, 0.3) is 21.0 Å². The second-order valence-corrected chi connectivity index (χ2v) is 8.68. The number of aromatic nitrogens is 2. The lowest BCUT2D eigenvalue weighted by atomic mass is 10.0. The van der Waals surface area contributed by atoms with Crippen LogP contribution >= 0.6 is 11.3 Å². The zero-order valence-electron chi connectivity index (χ0n) is 18.3. The number of fused-ring (bicyclic) bond motifs is 2. The lowest BCUT2D eigenvalue weighted by Gasteiger charge is -2.20. The molecule has 0 atom stereocenters. The molecule has 5 aromatic rings. The number of thiazole rings is 1. The Hall–Kier alpha value is -3.77. The summed E-state index contributed by atoms with van der Waals surface area (Å²) in [5.74, 6) is 0.791. The number of nitrogens with zero attached hydrogens (tertiary/aromatic N) is 3. The number of rotatable bonds is 7. The molecule has 0 radical (unpaired) electrons. The summed E-state index contributed by atoms with van der Waals surface area (Å²) in [6.45, 7) is 2.93. The lowest BCUT2D eigenvalue weighted by molar-refractivity contribution is -0.118. The zero-order chi connectivity index (χ0) is 22.6. The van der Waals surface area contributed by atoms with Crippen LogP contribution in [0.2, 0.25) is 0 Å². The highest BCUT2D eigenvalue weighted by Gasteiger charge is 2.22. The Morgan fingerprint density at radius 2 is 1.85 bits per heavy atom. The molecular weight excluding hydrogens is 430 g/mol. The topological polar surface area (TPSA) is 55.3 Å². The maximum Gasteiger partial charge on any atom is 0.233 e. The van der Waals surface area contributed by atoms with Gasteiger partial charge in [0.1, 0.15) is 5.75 Å². The van der Waals surface area contributed by atoms with Gasteiger partial charge in [-0.1, -0.05) is 59.9 Å². The molecule has 0 fully saturated rings. The molecule has 2 aromatic heterocycles. The summed E-state index contributed by atoms with van der Waals surface area (Å²) in [5, 5.41) is 2.88. The van der Waals surface area contributed by atoms with Gasteiger partial charge in [-0.15, -0.1) is 0 Å². The van der Waals surface area contributed by atoms with E-state index in [1.54, 1.807) is 11.1 Å². The Bertz CT molecular complexity index is 1410. The smallest absolute Gasteiger partial charge is 0.233 e. The number of benzene rings is 3. The van der Waals surface area contributed by atoms with Crippen LogP contribution < -0.4 is 9.64 Å². The summed E-state index contributed by atoms with van der Waals surface area (Å²) in [4.78, 5) is 24.6. The molecule has 0 spiro atoms. The summed E-state index contributed by atoms with van der Waals surface area (Å²) >= 11 is 1.49. The maximum absolute atomic E-state index is 13.6. The summed E-state index contributed by atoms with van der Waals surface area (Å²) < 4.78 is 6.62. The molecule has 0 N–H and O–H groups in total. The Labute approximate surface area is 196 Å². The first-order chi connectivity index (χ1) is 16.2. The molecule has 0 unspecified atom stereocenters. The molecule has 5 rings (SSSR count). The summed E-state index contributed by atoms with van der Waals surface area (Å²) in [5.41, 5.74) is 2.67. The van der Waals surface area contributed by atoms with Gasteiger partial charge >= 0.3 is 0 Å². The van der Waals surface area contributed by atoms with Gasteiger partial charge in [-0.05, 0) is 53.6 Å². The molecule has 6 heteroatoms. The van der Waals surface area contributed by atoms with E-state index >= 15 is 0 Å². The largest absolute Gasteiger partial charge is 0.494 e. The first-order valence-corrected chi connectivity index (χ1v) is 11.7. The van der Waals surface area contributed by atoms with E-state index in [0.717, 1.165) is 38.0 Å². The molecule has 164 valence electrons. The number of ether oxygens (including phenoxy) is 1. The summed E-state index contributed by atoms with van der Waals surface area (Å²) in [6.07, 6.45) is 2.03. The number of anilines is 1. The predicted molar refractivity (Wildman–Crippen MR) is 134 cm³/mol. The van der Waals surface area contributed by atoms with E-state index in [1.165, 1.54) is 11.3 Å². The molecule has 0 aliphatic carbocycles. The van der Waals surface area contributed by atoms with Crippen molar-refractivity contribution < 1.29 is 9.53 Å². The van der Waals surface area contributed by atoms with E-state index < -0.39 is 0 Å². The first kappa shape index (κ1) is 21.1. The van der Waals surface area contributed by atoms with Crippen molar-refractivity contribution in [3.8, 4) is 5.75 Å². The Morgan fingerprint density at radius 3 is 2.70 bits per heavy atom. The summed E-state index contributed by atoms with van der Waals surface area (Å²) in [6, 6.07) is 25.8. The minimum Gasteiger partial charge on any atom is -0.494 e. The van der Waals surface area contributed by atoms with Crippen LogP contribution in [-0.2, 0) is 17.8 Å². The van der Waals surface area contributed by atoms with Crippen LogP contribution in [-0.4, -0.2) is 22.5 Å². The van der Waals surface area contributed by atoms with Gasteiger partial charge in [0.25, 0.3) is 0 Å². The van der Waals surface area contributed by atoms with Crippen LogP contribution in [0.3, 0.4) is 0 Å². The fourth-order valence-electron chi connectivity index (χ4n) is 3.89. The van der Waals surface area contributed by atoms with E-state index in [9.17, 15) is 4.79 Å². The van der Waals surface area contributed by atoms with Gasteiger partial charge in [-0.2, -0.15) is 0 Å². The Morgan fingerprint density at radius 1 is 1.00 bits per heavy atom. The van der Waals surface area contributed by atoms with Gasteiger partial charge in [-0.3, -0.25) is 14.7 Å². The molecule has 0 saturated heterocycles. The molecule has 3 aromatic carbocycles. The Balaban J connectivity index is 1.51. The minimum absolute atomic E-state index is 0.0129. The normalized spacial score (nSPS) is 11.1. The number of pyridine rings is 1. The van der Waals surface area contributed by atoms with Crippen molar-refractivity contribution >= 4 is 43.4 Å². The minimum atomic E-state index is -0.0129. The van der Waals surface area contributed by atoms with Crippen molar-refractivity contribution in [3.05, 3.63) is 96.3 Å².